The zero-order valence-electron chi connectivity index (χ0n) is 13.1. The lowest BCUT2D eigenvalue weighted by molar-refractivity contribution is -0.384. The zero-order valence-corrected chi connectivity index (χ0v) is 13.1. The molecule has 2 heterocycles. The number of nitro benzene ring substituents is 1. The van der Waals surface area contributed by atoms with E-state index in [1.54, 1.807) is 21.9 Å². The molecule has 1 aromatic carbocycles. The average molecular weight is 345 g/mol. The summed E-state index contributed by atoms with van der Waals surface area (Å²) in [7, 11) is 0. The Labute approximate surface area is 142 Å². The Kier molecular flexibility index (Phi) is 4.38. The number of anilines is 1. The van der Waals surface area contributed by atoms with E-state index in [2.05, 4.69) is 0 Å². The SMILES string of the molecule is O=C(O)c1cc([N+](=O)[O-])ccc1N1CCN(C(=O)c2ccco2)CC1. The summed E-state index contributed by atoms with van der Waals surface area (Å²) in [6.07, 6.45) is 1.43. The maximum atomic E-state index is 12.2. The second-order valence-electron chi connectivity index (χ2n) is 5.52. The highest BCUT2D eigenvalue weighted by Gasteiger charge is 2.26. The van der Waals surface area contributed by atoms with Gasteiger partial charge in [-0.1, -0.05) is 0 Å². The van der Waals surface area contributed by atoms with Gasteiger partial charge in [-0.2, -0.15) is 0 Å². The molecule has 0 aliphatic carbocycles. The van der Waals surface area contributed by atoms with Gasteiger partial charge in [-0.3, -0.25) is 14.9 Å². The van der Waals surface area contributed by atoms with Crippen molar-refractivity contribution in [1.29, 1.82) is 0 Å². The Balaban J connectivity index is 1.75. The Morgan fingerprint density at radius 2 is 1.88 bits per heavy atom. The summed E-state index contributed by atoms with van der Waals surface area (Å²) in [6, 6.07) is 7.00. The lowest BCUT2D eigenvalue weighted by Crippen LogP contribution is -2.49. The first-order valence-electron chi connectivity index (χ1n) is 7.57. The van der Waals surface area contributed by atoms with Crippen LogP contribution in [0, 0.1) is 10.1 Å². The molecule has 9 heteroatoms. The molecule has 0 spiro atoms. The predicted octanol–water partition coefficient (Wildman–Crippen LogP) is 1.85. The summed E-state index contributed by atoms with van der Waals surface area (Å²) >= 11 is 0. The summed E-state index contributed by atoms with van der Waals surface area (Å²) in [5, 5.41) is 20.2. The van der Waals surface area contributed by atoms with E-state index in [-0.39, 0.29) is 22.9 Å². The van der Waals surface area contributed by atoms with Gasteiger partial charge in [0, 0.05) is 38.3 Å². The minimum Gasteiger partial charge on any atom is -0.478 e. The highest BCUT2D eigenvalue weighted by atomic mass is 16.6. The number of amides is 1. The third-order valence-electron chi connectivity index (χ3n) is 4.06. The van der Waals surface area contributed by atoms with Crippen molar-refractivity contribution in [1.82, 2.24) is 4.90 Å². The molecule has 1 fully saturated rings. The standard InChI is InChI=1S/C16H15N3O6/c20-15(14-2-1-9-25-14)18-7-5-17(6-8-18)13-4-3-11(19(23)24)10-12(13)16(21)22/h1-4,9-10H,5-8H2,(H,21,22). The number of non-ortho nitro benzene ring substituents is 1. The van der Waals surface area contributed by atoms with Crippen LogP contribution in [0.4, 0.5) is 11.4 Å². The smallest absolute Gasteiger partial charge is 0.338 e. The highest BCUT2D eigenvalue weighted by Crippen LogP contribution is 2.27. The molecule has 0 radical (unpaired) electrons. The van der Waals surface area contributed by atoms with Gasteiger partial charge in [-0.25, -0.2) is 4.79 Å². The van der Waals surface area contributed by atoms with Gasteiger partial charge >= 0.3 is 5.97 Å². The van der Waals surface area contributed by atoms with Crippen molar-refractivity contribution in [2.24, 2.45) is 0 Å². The summed E-state index contributed by atoms with van der Waals surface area (Å²) < 4.78 is 5.10. The number of nitro groups is 1. The van der Waals surface area contributed by atoms with Crippen LogP contribution in [-0.2, 0) is 0 Å². The van der Waals surface area contributed by atoms with E-state index < -0.39 is 10.9 Å². The monoisotopic (exact) mass is 345 g/mol. The fourth-order valence-corrected chi connectivity index (χ4v) is 2.79. The van der Waals surface area contributed by atoms with Crippen LogP contribution in [0.2, 0.25) is 0 Å². The van der Waals surface area contributed by atoms with E-state index in [0.29, 0.717) is 31.9 Å². The molecular weight excluding hydrogens is 330 g/mol. The minimum atomic E-state index is -1.23. The predicted molar refractivity (Wildman–Crippen MR) is 86.9 cm³/mol. The fraction of sp³-hybridized carbons (Fsp3) is 0.250. The van der Waals surface area contributed by atoms with E-state index in [0.717, 1.165) is 6.07 Å². The summed E-state index contributed by atoms with van der Waals surface area (Å²) in [5.41, 5.74) is 0.0102. The van der Waals surface area contributed by atoms with Crippen molar-refractivity contribution in [3.8, 4) is 0 Å². The van der Waals surface area contributed by atoms with Crippen LogP contribution in [0.25, 0.3) is 0 Å². The Morgan fingerprint density at radius 1 is 1.16 bits per heavy atom. The second kappa shape index (κ2) is 6.63. The second-order valence-corrected chi connectivity index (χ2v) is 5.52. The van der Waals surface area contributed by atoms with Crippen molar-refractivity contribution in [2.75, 3.05) is 31.1 Å². The molecule has 0 atom stereocenters. The van der Waals surface area contributed by atoms with E-state index >= 15 is 0 Å². The van der Waals surface area contributed by atoms with Crippen molar-refractivity contribution in [2.45, 2.75) is 0 Å². The summed E-state index contributed by atoms with van der Waals surface area (Å²) in [5.74, 6) is -1.19. The minimum absolute atomic E-state index is 0.125. The molecule has 1 N–H and O–H groups in total. The van der Waals surface area contributed by atoms with Gasteiger partial charge in [0.05, 0.1) is 22.4 Å². The molecule has 25 heavy (non-hydrogen) atoms. The first-order valence-corrected chi connectivity index (χ1v) is 7.57. The van der Waals surface area contributed by atoms with Crippen LogP contribution in [0.1, 0.15) is 20.9 Å². The van der Waals surface area contributed by atoms with Gasteiger partial charge in [0.1, 0.15) is 0 Å². The van der Waals surface area contributed by atoms with Crippen molar-refractivity contribution in [3.63, 3.8) is 0 Å². The molecule has 2 aromatic rings. The number of hydrogen-bond acceptors (Lipinski definition) is 6. The lowest BCUT2D eigenvalue weighted by atomic mass is 10.1. The fourth-order valence-electron chi connectivity index (χ4n) is 2.79. The molecule has 3 rings (SSSR count). The first-order chi connectivity index (χ1) is 12.0. The highest BCUT2D eigenvalue weighted by molar-refractivity contribution is 5.95. The van der Waals surface area contributed by atoms with Gasteiger partial charge in [-0.05, 0) is 18.2 Å². The molecule has 130 valence electrons. The normalized spacial score (nSPS) is 14.4. The van der Waals surface area contributed by atoms with Crippen molar-refractivity contribution in [3.05, 3.63) is 58.0 Å². The average Bonchev–Trinajstić information content (AvgIpc) is 3.15. The molecule has 1 amide bonds. The number of piperazine rings is 1. The van der Waals surface area contributed by atoms with Crippen molar-refractivity contribution >= 4 is 23.3 Å². The number of furan rings is 1. The molecule has 0 unspecified atom stereocenters. The number of rotatable bonds is 4. The number of benzene rings is 1. The number of aromatic carboxylic acids is 1. The van der Waals surface area contributed by atoms with Crippen LogP contribution in [0.15, 0.2) is 41.0 Å². The van der Waals surface area contributed by atoms with Crippen LogP contribution < -0.4 is 4.90 Å². The van der Waals surface area contributed by atoms with Gasteiger partial charge in [0.2, 0.25) is 0 Å². The molecule has 9 nitrogen and oxygen atoms in total. The molecule has 1 saturated heterocycles. The third kappa shape index (κ3) is 3.30. The largest absolute Gasteiger partial charge is 0.478 e. The van der Waals surface area contributed by atoms with Gasteiger partial charge < -0.3 is 19.3 Å². The van der Waals surface area contributed by atoms with Gasteiger partial charge in [0.25, 0.3) is 11.6 Å². The maximum Gasteiger partial charge on any atom is 0.338 e. The summed E-state index contributed by atoms with van der Waals surface area (Å²) in [6.45, 7) is 1.64. The number of carboxylic acid groups (broad SMARTS) is 1. The van der Waals surface area contributed by atoms with Crippen LogP contribution >= 0.6 is 0 Å². The molecule has 0 bridgehead atoms. The molecular formula is C16H15N3O6. The van der Waals surface area contributed by atoms with Crippen LogP contribution in [0.3, 0.4) is 0 Å². The van der Waals surface area contributed by atoms with Crippen LogP contribution in [0.5, 0.6) is 0 Å². The van der Waals surface area contributed by atoms with Crippen molar-refractivity contribution < 1.29 is 24.0 Å². The Hall–Kier alpha value is -3.36. The van der Waals surface area contributed by atoms with E-state index in [1.807, 2.05) is 0 Å². The number of carbonyl (C=O) groups is 2. The third-order valence-corrected chi connectivity index (χ3v) is 4.06. The first kappa shape index (κ1) is 16.5. The van der Waals surface area contributed by atoms with E-state index in [9.17, 15) is 24.8 Å². The molecule has 0 saturated carbocycles. The Morgan fingerprint density at radius 3 is 2.44 bits per heavy atom. The number of carbonyl (C=O) groups excluding carboxylic acids is 1. The van der Waals surface area contributed by atoms with E-state index in [1.165, 1.54) is 18.4 Å². The number of nitrogens with zero attached hydrogens (tertiary/aromatic N) is 3. The lowest BCUT2D eigenvalue weighted by Gasteiger charge is -2.36. The van der Waals surface area contributed by atoms with E-state index in [4.69, 9.17) is 4.42 Å². The molecule has 1 aliphatic rings. The number of carboxylic acids is 1. The number of hydrogen-bond donors (Lipinski definition) is 1. The van der Waals surface area contributed by atoms with Gasteiger partial charge in [0.15, 0.2) is 5.76 Å². The maximum absolute atomic E-state index is 12.2. The Bertz CT molecular complexity index is 809. The molecule has 1 aliphatic heterocycles. The summed E-state index contributed by atoms with van der Waals surface area (Å²) in [4.78, 5) is 37.3. The zero-order chi connectivity index (χ0) is 18.0. The van der Waals surface area contributed by atoms with Crippen LogP contribution in [-0.4, -0.2) is 53.0 Å². The molecule has 1 aromatic heterocycles. The quantitative estimate of drug-likeness (QED) is 0.663. The topological polar surface area (TPSA) is 117 Å². The van der Waals surface area contributed by atoms with Gasteiger partial charge in [-0.15, -0.1) is 0 Å².